The largest absolute Gasteiger partial charge is 0.481 e. The number of piperidine rings is 1. The summed E-state index contributed by atoms with van der Waals surface area (Å²) >= 11 is 1.76. The summed E-state index contributed by atoms with van der Waals surface area (Å²) in [6.07, 6.45) is 1.44. The number of fused-ring (bicyclic) bond motifs is 1. The third kappa shape index (κ3) is 2.10. The van der Waals surface area contributed by atoms with E-state index in [1.165, 1.54) is 15.3 Å². The maximum atomic E-state index is 11.0. The van der Waals surface area contributed by atoms with Crippen molar-refractivity contribution in [3.05, 3.63) is 21.4 Å². The fourth-order valence-corrected chi connectivity index (χ4v) is 3.72. The van der Waals surface area contributed by atoms with Crippen LogP contribution in [0.5, 0.6) is 0 Å². The Morgan fingerprint density at radius 2 is 2.41 bits per heavy atom. The molecule has 0 radical (unpaired) electrons. The van der Waals surface area contributed by atoms with Crippen molar-refractivity contribution in [1.29, 1.82) is 0 Å². The van der Waals surface area contributed by atoms with Crippen LogP contribution in [-0.4, -0.2) is 17.6 Å². The maximum absolute atomic E-state index is 11.0. The summed E-state index contributed by atoms with van der Waals surface area (Å²) < 4.78 is 5.35. The fraction of sp³-hybridized carbons (Fsp3) is 0.583. The van der Waals surface area contributed by atoms with Crippen LogP contribution in [0.4, 0.5) is 0 Å². The first-order valence-corrected chi connectivity index (χ1v) is 6.71. The fourth-order valence-electron chi connectivity index (χ4n) is 2.52. The van der Waals surface area contributed by atoms with E-state index in [2.05, 4.69) is 11.4 Å². The standard InChI is InChI=1S/C12H15NO3S/c14-12(15)7-1-2-13-9(3-7)10-4-8-5-16-6-11(8)17-10/h4,7,9,13H,1-3,5-6H2,(H,14,15). The third-order valence-electron chi connectivity index (χ3n) is 3.50. The molecule has 1 aromatic heterocycles. The Bertz CT molecular complexity index is 421. The van der Waals surface area contributed by atoms with E-state index in [4.69, 9.17) is 9.84 Å². The zero-order valence-electron chi connectivity index (χ0n) is 9.44. The van der Waals surface area contributed by atoms with Gasteiger partial charge in [-0.25, -0.2) is 0 Å². The highest BCUT2D eigenvalue weighted by atomic mass is 32.1. The molecule has 2 aliphatic rings. The van der Waals surface area contributed by atoms with E-state index in [0.717, 1.165) is 19.6 Å². The lowest BCUT2D eigenvalue weighted by atomic mass is 9.92. The van der Waals surface area contributed by atoms with Gasteiger partial charge in [0.25, 0.3) is 0 Å². The Morgan fingerprint density at radius 3 is 3.18 bits per heavy atom. The first-order chi connectivity index (χ1) is 8.24. The highest BCUT2D eigenvalue weighted by molar-refractivity contribution is 7.12. The molecule has 92 valence electrons. The quantitative estimate of drug-likeness (QED) is 0.845. The summed E-state index contributed by atoms with van der Waals surface area (Å²) in [6.45, 7) is 2.22. The lowest BCUT2D eigenvalue weighted by Crippen LogP contribution is -2.34. The average molecular weight is 253 g/mol. The lowest BCUT2D eigenvalue weighted by Gasteiger charge is -2.27. The molecule has 0 saturated carbocycles. The molecule has 0 spiro atoms. The van der Waals surface area contributed by atoms with Crippen LogP contribution in [0, 0.1) is 5.92 Å². The molecule has 0 amide bonds. The van der Waals surface area contributed by atoms with Crippen molar-refractivity contribution in [3.63, 3.8) is 0 Å². The molecule has 0 aromatic carbocycles. The van der Waals surface area contributed by atoms with E-state index in [0.29, 0.717) is 13.0 Å². The van der Waals surface area contributed by atoms with Gasteiger partial charge in [-0.05, 0) is 31.0 Å². The summed E-state index contributed by atoms with van der Waals surface area (Å²) in [6, 6.07) is 2.38. The van der Waals surface area contributed by atoms with Crippen molar-refractivity contribution in [2.75, 3.05) is 6.54 Å². The van der Waals surface area contributed by atoms with Gasteiger partial charge in [0.15, 0.2) is 0 Å². The van der Waals surface area contributed by atoms with Crippen LogP contribution in [-0.2, 0) is 22.7 Å². The topological polar surface area (TPSA) is 58.6 Å². The summed E-state index contributed by atoms with van der Waals surface area (Å²) in [5.41, 5.74) is 1.28. The van der Waals surface area contributed by atoms with Gasteiger partial charge in [0.2, 0.25) is 0 Å². The van der Waals surface area contributed by atoms with Crippen molar-refractivity contribution in [2.45, 2.75) is 32.1 Å². The van der Waals surface area contributed by atoms with Gasteiger partial charge >= 0.3 is 5.97 Å². The van der Waals surface area contributed by atoms with Gasteiger partial charge in [-0.2, -0.15) is 0 Å². The third-order valence-corrected chi connectivity index (χ3v) is 4.77. The Morgan fingerprint density at radius 1 is 1.53 bits per heavy atom. The zero-order chi connectivity index (χ0) is 11.8. The van der Waals surface area contributed by atoms with Gasteiger partial charge < -0.3 is 15.2 Å². The number of rotatable bonds is 2. The minimum atomic E-state index is -0.663. The van der Waals surface area contributed by atoms with Gasteiger partial charge in [-0.1, -0.05) is 0 Å². The molecule has 0 aliphatic carbocycles. The van der Waals surface area contributed by atoms with E-state index < -0.39 is 5.97 Å². The molecule has 2 N–H and O–H groups in total. The average Bonchev–Trinajstić information content (AvgIpc) is 2.89. The second-order valence-corrected chi connectivity index (χ2v) is 5.82. The predicted octanol–water partition coefficient (Wildman–Crippen LogP) is 1.90. The highest BCUT2D eigenvalue weighted by Gasteiger charge is 2.29. The number of carboxylic acid groups (broad SMARTS) is 1. The normalized spacial score (nSPS) is 28.0. The number of nitrogens with one attached hydrogen (secondary N) is 1. The second kappa shape index (κ2) is 4.40. The van der Waals surface area contributed by atoms with Crippen LogP contribution in [0.1, 0.15) is 34.2 Å². The van der Waals surface area contributed by atoms with E-state index in [1.54, 1.807) is 11.3 Å². The van der Waals surface area contributed by atoms with Crippen LogP contribution in [0.2, 0.25) is 0 Å². The minimum absolute atomic E-state index is 0.200. The summed E-state index contributed by atoms with van der Waals surface area (Å²) in [5.74, 6) is -0.863. The van der Waals surface area contributed by atoms with Crippen molar-refractivity contribution in [2.24, 2.45) is 5.92 Å². The van der Waals surface area contributed by atoms with Gasteiger partial charge in [-0.15, -0.1) is 11.3 Å². The smallest absolute Gasteiger partial charge is 0.306 e. The summed E-state index contributed by atoms with van der Waals surface area (Å²) in [7, 11) is 0. The Labute approximate surface area is 104 Å². The molecular formula is C12H15NO3S. The summed E-state index contributed by atoms with van der Waals surface area (Å²) in [4.78, 5) is 13.6. The Hall–Kier alpha value is -0.910. The molecule has 1 aromatic rings. The molecule has 1 fully saturated rings. The van der Waals surface area contributed by atoms with Crippen molar-refractivity contribution in [1.82, 2.24) is 5.32 Å². The SMILES string of the molecule is O=C(O)C1CCNC(c2cc3c(s2)COC3)C1. The monoisotopic (exact) mass is 253 g/mol. The van der Waals surface area contributed by atoms with Gasteiger partial charge in [0, 0.05) is 15.8 Å². The van der Waals surface area contributed by atoms with Crippen molar-refractivity contribution >= 4 is 17.3 Å². The van der Waals surface area contributed by atoms with Gasteiger partial charge in [-0.3, -0.25) is 4.79 Å². The van der Waals surface area contributed by atoms with Gasteiger partial charge in [0.1, 0.15) is 0 Å². The minimum Gasteiger partial charge on any atom is -0.481 e. The number of ether oxygens (including phenoxy) is 1. The number of carboxylic acids is 1. The zero-order valence-corrected chi connectivity index (χ0v) is 10.3. The van der Waals surface area contributed by atoms with E-state index in [1.807, 2.05) is 0 Å². The summed E-state index contributed by atoms with van der Waals surface area (Å²) in [5, 5.41) is 12.5. The Kier molecular flexibility index (Phi) is 2.90. The molecular weight excluding hydrogens is 238 g/mol. The number of hydrogen-bond donors (Lipinski definition) is 2. The second-order valence-electron chi connectivity index (χ2n) is 4.66. The lowest BCUT2D eigenvalue weighted by molar-refractivity contribution is -0.142. The molecule has 3 rings (SSSR count). The molecule has 0 bridgehead atoms. The first kappa shape index (κ1) is 11.2. The number of thiophene rings is 1. The predicted molar refractivity (Wildman–Crippen MR) is 63.9 cm³/mol. The highest BCUT2D eigenvalue weighted by Crippen LogP contribution is 2.36. The molecule has 2 aliphatic heterocycles. The molecule has 5 heteroatoms. The molecule has 17 heavy (non-hydrogen) atoms. The van der Waals surface area contributed by atoms with Crippen molar-refractivity contribution < 1.29 is 14.6 Å². The molecule has 1 saturated heterocycles. The van der Waals surface area contributed by atoms with Crippen molar-refractivity contribution in [3.8, 4) is 0 Å². The number of carbonyl (C=O) groups is 1. The molecule has 3 heterocycles. The maximum Gasteiger partial charge on any atom is 0.306 e. The van der Waals surface area contributed by atoms with E-state index in [9.17, 15) is 4.79 Å². The first-order valence-electron chi connectivity index (χ1n) is 5.89. The number of aliphatic carboxylic acids is 1. The van der Waals surface area contributed by atoms with E-state index in [-0.39, 0.29) is 12.0 Å². The van der Waals surface area contributed by atoms with Crippen LogP contribution in [0.15, 0.2) is 6.07 Å². The molecule has 2 unspecified atom stereocenters. The van der Waals surface area contributed by atoms with Crippen LogP contribution in [0.25, 0.3) is 0 Å². The molecule has 4 nitrogen and oxygen atoms in total. The Balaban J connectivity index is 1.76. The molecule has 2 atom stereocenters. The van der Waals surface area contributed by atoms with E-state index >= 15 is 0 Å². The van der Waals surface area contributed by atoms with Crippen LogP contribution >= 0.6 is 11.3 Å². The number of hydrogen-bond acceptors (Lipinski definition) is 4. The van der Waals surface area contributed by atoms with Crippen LogP contribution in [0.3, 0.4) is 0 Å². The van der Waals surface area contributed by atoms with Crippen LogP contribution < -0.4 is 5.32 Å². The van der Waals surface area contributed by atoms with Gasteiger partial charge in [0.05, 0.1) is 19.1 Å².